The van der Waals surface area contributed by atoms with Crippen molar-refractivity contribution >= 4 is 22.5 Å². The minimum atomic E-state index is -0.890. The molecule has 0 saturated carbocycles. The van der Waals surface area contributed by atoms with Crippen LogP contribution in [0.15, 0.2) is 48.8 Å². The first kappa shape index (κ1) is 17.1. The van der Waals surface area contributed by atoms with Gasteiger partial charge in [-0.15, -0.1) is 0 Å². The average Bonchev–Trinajstić information content (AvgIpc) is 2.91. The number of rotatable bonds is 3. The highest BCUT2D eigenvalue weighted by molar-refractivity contribution is 5.94. The van der Waals surface area contributed by atoms with E-state index in [1.54, 1.807) is 6.07 Å². The Labute approximate surface area is 155 Å². The van der Waals surface area contributed by atoms with Crippen LogP contribution in [-0.2, 0) is 0 Å². The van der Waals surface area contributed by atoms with E-state index in [4.69, 9.17) is 0 Å². The standard InChI is InChI=1S/C21H18F2N4/c1-12-4-6-15(7-5-12)26-20-19-13(2)14(3)27(21(19)25-11-24-20)16-8-9-17(22)18(23)10-16/h4-11H,1-3H3,(H,24,25,26). The SMILES string of the molecule is Cc1ccc(Nc2ncnc3c2c(C)c(C)n3-c2ccc(F)c(F)c2)cc1. The molecule has 2 aromatic carbocycles. The van der Waals surface area contributed by atoms with Gasteiger partial charge < -0.3 is 5.32 Å². The molecule has 1 N–H and O–H groups in total. The first-order valence-electron chi connectivity index (χ1n) is 8.57. The monoisotopic (exact) mass is 364 g/mol. The van der Waals surface area contributed by atoms with Crippen LogP contribution >= 0.6 is 0 Å². The predicted octanol–water partition coefficient (Wildman–Crippen LogP) is 5.37. The molecule has 2 heterocycles. The van der Waals surface area contributed by atoms with Gasteiger partial charge in [-0.25, -0.2) is 18.7 Å². The Morgan fingerprint density at radius 3 is 2.33 bits per heavy atom. The second-order valence-electron chi connectivity index (χ2n) is 6.56. The molecule has 0 aliphatic carbocycles. The van der Waals surface area contributed by atoms with Gasteiger partial charge in [0.05, 0.1) is 11.1 Å². The maximum Gasteiger partial charge on any atom is 0.160 e. The molecule has 0 atom stereocenters. The highest BCUT2D eigenvalue weighted by Crippen LogP contribution is 2.32. The van der Waals surface area contributed by atoms with Gasteiger partial charge in [0.25, 0.3) is 0 Å². The summed E-state index contributed by atoms with van der Waals surface area (Å²) in [7, 11) is 0. The molecule has 6 heteroatoms. The lowest BCUT2D eigenvalue weighted by molar-refractivity contribution is 0.508. The number of nitrogens with zero attached hydrogens (tertiary/aromatic N) is 3. The van der Waals surface area contributed by atoms with E-state index in [1.807, 2.05) is 49.6 Å². The Balaban J connectivity index is 1.89. The van der Waals surface area contributed by atoms with Crippen LogP contribution in [0.2, 0.25) is 0 Å². The normalized spacial score (nSPS) is 11.1. The smallest absolute Gasteiger partial charge is 0.160 e. The summed E-state index contributed by atoms with van der Waals surface area (Å²) in [6.07, 6.45) is 1.47. The van der Waals surface area contributed by atoms with Crippen LogP contribution in [-0.4, -0.2) is 14.5 Å². The van der Waals surface area contributed by atoms with E-state index in [-0.39, 0.29) is 0 Å². The van der Waals surface area contributed by atoms with Crippen molar-refractivity contribution in [2.45, 2.75) is 20.8 Å². The van der Waals surface area contributed by atoms with Gasteiger partial charge in [-0.05, 0) is 50.6 Å². The zero-order valence-electron chi connectivity index (χ0n) is 15.2. The summed E-state index contributed by atoms with van der Waals surface area (Å²) in [4.78, 5) is 8.80. The molecular weight excluding hydrogens is 346 g/mol. The first-order valence-corrected chi connectivity index (χ1v) is 8.57. The molecule has 0 fully saturated rings. The van der Waals surface area contributed by atoms with Crippen LogP contribution in [0.1, 0.15) is 16.8 Å². The Morgan fingerprint density at radius 1 is 0.889 bits per heavy atom. The zero-order chi connectivity index (χ0) is 19.1. The first-order chi connectivity index (χ1) is 13.0. The van der Waals surface area contributed by atoms with Gasteiger partial charge >= 0.3 is 0 Å². The maximum atomic E-state index is 13.8. The van der Waals surface area contributed by atoms with Crippen molar-refractivity contribution in [1.29, 1.82) is 0 Å². The van der Waals surface area contributed by atoms with E-state index >= 15 is 0 Å². The minimum Gasteiger partial charge on any atom is -0.340 e. The predicted molar refractivity (Wildman–Crippen MR) is 103 cm³/mol. The van der Waals surface area contributed by atoms with E-state index in [9.17, 15) is 8.78 Å². The van der Waals surface area contributed by atoms with Crippen molar-refractivity contribution in [3.05, 3.63) is 77.2 Å². The van der Waals surface area contributed by atoms with E-state index < -0.39 is 11.6 Å². The molecular formula is C21H18F2N4. The third-order valence-corrected chi connectivity index (χ3v) is 4.77. The van der Waals surface area contributed by atoms with Crippen LogP contribution in [0.5, 0.6) is 0 Å². The Bertz CT molecular complexity index is 1150. The molecule has 0 radical (unpaired) electrons. The maximum absolute atomic E-state index is 13.8. The van der Waals surface area contributed by atoms with E-state index in [2.05, 4.69) is 15.3 Å². The van der Waals surface area contributed by atoms with Crippen LogP contribution in [0.3, 0.4) is 0 Å². The van der Waals surface area contributed by atoms with E-state index in [0.29, 0.717) is 17.2 Å². The number of aromatic nitrogens is 3. The molecule has 27 heavy (non-hydrogen) atoms. The summed E-state index contributed by atoms with van der Waals surface area (Å²) in [6.45, 7) is 5.92. The fourth-order valence-corrected chi connectivity index (χ4v) is 3.21. The molecule has 0 unspecified atom stereocenters. The highest BCUT2D eigenvalue weighted by Gasteiger charge is 2.18. The van der Waals surface area contributed by atoms with Gasteiger partial charge in [0.1, 0.15) is 12.1 Å². The molecule has 0 aliphatic rings. The van der Waals surface area contributed by atoms with Crippen LogP contribution < -0.4 is 5.32 Å². The van der Waals surface area contributed by atoms with Gasteiger partial charge in [-0.1, -0.05) is 17.7 Å². The number of fused-ring (bicyclic) bond motifs is 1. The molecule has 136 valence electrons. The van der Waals surface area contributed by atoms with Crippen molar-refractivity contribution < 1.29 is 8.78 Å². The fraction of sp³-hybridized carbons (Fsp3) is 0.143. The number of aryl methyl sites for hydroxylation is 2. The molecule has 0 aliphatic heterocycles. The van der Waals surface area contributed by atoms with Gasteiger partial charge in [0.2, 0.25) is 0 Å². The molecule has 4 nitrogen and oxygen atoms in total. The number of nitrogens with one attached hydrogen (secondary N) is 1. The largest absolute Gasteiger partial charge is 0.340 e. The summed E-state index contributed by atoms with van der Waals surface area (Å²) < 4.78 is 28.9. The van der Waals surface area contributed by atoms with Gasteiger partial charge in [-0.3, -0.25) is 4.57 Å². The highest BCUT2D eigenvalue weighted by atomic mass is 19.2. The number of benzene rings is 2. The molecule has 4 rings (SSSR count). The quantitative estimate of drug-likeness (QED) is 0.532. The summed E-state index contributed by atoms with van der Waals surface area (Å²) >= 11 is 0. The Hall–Kier alpha value is -3.28. The summed E-state index contributed by atoms with van der Waals surface area (Å²) in [5, 5.41) is 4.18. The van der Waals surface area contributed by atoms with Gasteiger partial charge in [0, 0.05) is 17.4 Å². The third kappa shape index (κ3) is 2.93. The lowest BCUT2D eigenvalue weighted by atomic mass is 10.2. The van der Waals surface area contributed by atoms with Crippen LogP contribution in [0, 0.1) is 32.4 Å². The summed E-state index contributed by atoms with van der Waals surface area (Å²) in [5.41, 5.74) is 5.11. The van der Waals surface area contributed by atoms with Crippen molar-refractivity contribution in [1.82, 2.24) is 14.5 Å². The van der Waals surface area contributed by atoms with Crippen molar-refractivity contribution in [2.75, 3.05) is 5.32 Å². The zero-order valence-corrected chi connectivity index (χ0v) is 15.2. The lowest BCUT2D eigenvalue weighted by Crippen LogP contribution is -2.01. The van der Waals surface area contributed by atoms with Crippen molar-refractivity contribution in [2.24, 2.45) is 0 Å². The molecule has 0 amide bonds. The Morgan fingerprint density at radius 2 is 1.63 bits per heavy atom. The minimum absolute atomic E-state index is 0.518. The fourth-order valence-electron chi connectivity index (χ4n) is 3.21. The second kappa shape index (κ2) is 6.46. The molecule has 0 bridgehead atoms. The number of hydrogen-bond acceptors (Lipinski definition) is 3. The molecule has 4 aromatic rings. The summed E-state index contributed by atoms with van der Waals surface area (Å²) in [5.74, 6) is -1.09. The lowest BCUT2D eigenvalue weighted by Gasteiger charge is -2.09. The van der Waals surface area contributed by atoms with Gasteiger partial charge in [-0.2, -0.15) is 0 Å². The topological polar surface area (TPSA) is 42.7 Å². The van der Waals surface area contributed by atoms with Crippen LogP contribution in [0.4, 0.5) is 20.3 Å². The summed E-state index contributed by atoms with van der Waals surface area (Å²) in [6, 6.07) is 11.8. The van der Waals surface area contributed by atoms with Crippen LogP contribution in [0.25, 0.3) is 16.7 Å². The number of hydrogen-bond donors (Lipinski definition) is 1. The van der Waals surface area contributed by atoms with Crippen molar-refractivity contribution in [3.8, 4) is 5.69 Å². The molecule has 2 aromatic heterocycles. The third-order valence-electron chi connectivity index (χ3n) is 4.77. The molecule has 0 saturated heterocycles. The van der Waals surface area contributed by atoms with E-state index in [0.717, 1.165) is 28.4 Å². The second-order valence-corrected chi connectivity index (χ2v) is 6.56. The van der Waals surface area contributed by atoms with E-state index in [1.165, 1.54) is 18.0 Å². The van der Waals surface area contributed by atoms with Gasteiger partial charge in [0.15, 0.2) is 17.3 Å². The van der Waals surface area contributed by atoms with Crippen molar-refractivity contribution in [3.63, 3.8) is 0 Å². The molecule has 0 spiro atoms. The number of halogens is 2. The number of anilines is 2. The average molecular weight is 364 g/mol. The Kier molecular flexibility index (Phi) is 4.11.